The van der Waals surface area contributed by atoms with E-state index in [0.717, 1.165) is 22.1 Å². The molecule has 0 bridgehead atoms. The maximum atomic E-state index is 12.5. The molecule has 1 saturated heterocycles. The van der Waals surface area contributed by atoms with Gasteiger partial charge in [-0.2, -0.15) is 0 Å². The summed E-state index contributed by atoms with van der Waals surface area (Å²) in [6, 6.07) is 11.3. The Bertz CT molecular complexity index is 886. The molecule has 0 radical (unpaired) electrons. The van der Waals surface area contributed by atoms with E-state index in [2.05, 4.69) is 6.07 Å². The standard InChI is InChI=1S/C22H27NO5/c1-22(2,3)28-21(26)23-13-14(10-18(23)20(24)25)9-17-11-15-7-5-6-8-16(15)12-19(17)27-4/h5-8,11-12,14,18H,9-10,13H2,1-4H3,(H,24,25)/t14-,18+/m0/s1. The van der Waals surface area contributed by atoms with Crippen LogP contribution in [-0.2, 0) is 16.0 Å². The minimum Gasteiger partial charge on any atom is -0.496 e. The number of carboxylic acids is 1. The van der Waals surface area contributed by atoms with Gasteiger partial charge in [-0.3, -0.25) is 4.90 Å². The molecule has 0 aromatic heterocycles. The molecule has 2 atom stereocenters. The number of likely N-dealkylation sites (tertiary alicyclic amines) is 1. The second kappa shape index (κ2) is 7.70. The zero-order valence-electron chi connectivity index (χ0n) is 16.8. The lowest BCUT2D eigenvalue weighted by Gasteiger charge is -2.26. The first-order valence-corrected chi connectivity index (χ1v) is 9.46. The fourth-order valence-electron chi connectivity index (χ4n) is 3.75. The highest BCUT2D eigenvalue weighted by molar-refractivity contribution is 5.85. The van der Waals surface area contributed by atoms with E-state index in [4.69, 9.17) is 9.47 Å². The molecular formula is C22H27NO5. The van der Waals surface area contributed by atoms with Crippen LogP contribution in [0, 0.1) is 5.92 Å². The monoisotopic (exact) mass is 385 g/mol. The second-order valence-corrected chi connectivity index (χ2v) is 8.30. The minimum absolute atomic E-state index is 0.0173. The number of hydrogen-bond donors (Lipinski definition) is 1. The number of benzene rings is 2. The summed E-state index contributed by atoms with van der Waals surface area (Å²) in [6.07, 6.45) is 0.453. The van der Waals surface area contributed by atoms with Crippen LogP contribution in [0.1, 0.15) is 32.8 Å². The lowest BCUT2D eigenvalue weighted by atomic mass is 9.94. The Labute approximate surface area is 165 Å². The van der Waals surface area contributed by atoms with Crippen molar-refractivity contribution < 1.29 is 24.2 Å². The summed E-state index contributed by atoms with van der Waals surface area (Å²) in [5.74, 6) is -0.205. The molecule has 3 rings (SSSR count). The first-order chi connectivity index (χ1) is 13.2. The third kappa shape index (κ3) is 4.38. The van der Waals surface area contributed by atoms with Crippen molar-refractivity contribution in [3.8, 4) is 5.75 Å². The van der Waals surface area contributed by atoms with Crippen molar-refractivity contribution in [2.24, 2.45) is 5.92 Å². The average Bonchev–Trinajstić information content (AvgIpc) is 3.04. The molecule has 1 aliphatic heterocycles. The molecule has 0 aliphatic carbocycles. The molecule has 1 fully saturated rings. The minimum atomic E-state index is -1.00. The summed E-state index contributed by atoms with van der Waals surface area (Å²) in [5.41, 5.74) is 0.348. The van der Waals surface area contributed by atoms with Gasteiger partial charge in [-0.1, -0.05) is 24.3 Å². The molecule has 6 nitrogen and oxygen atoms in total. The van der Waals surface area contributed by atoms with Crippen LogP contribution in [-0.4, -0.2) is 47.4 Å². The predicted octanol–water partition coefficient (Wildman–Crippen LogP) is 4.10. The molecule has 1 N–H and O–H groups in total. The van der Waals surface area contributed by atoms with Gasteiger partial charge in [-0.25, -0.2) is 9.59 Å². The van der Waals surface area contributed by atoms with Crippen LogP contribution in [0.2, 0.25) is 0 Å². The van der Waals surface area contributed by atoms with Crippen LogP contribution in [0.3, 0.4) is 0 Å². The van der Waals surface area contributed by atoms with E-state index in [9.17, 15) is 14.7 Å². The Morgan fingerprint density at radius 3 is 2.39 bits per heavy atom. The van der Waals surface area contributed by atoms with E-state index in [1.165, 1.54) is 4.90 Å². The van der Waals surface area contributed by atoms with Gasteiger partial charge in [0.25, 0.3) is 0 Å². The summed E-state index contributed by atoms with van der Waals surface area (Å²) in [6.45, 7) is 5.67. The number of fused-ring (bicyclic) bond motifs is 1. The van der Waals surface area contributed by atoms with Crippen molar-refractivity contribution in [3.05, 3.63) is 42.0 Å². The van der Waals surface area contributed by atoms with E-state index in [1.54, 1.807) is 27.9 Å². The Balaban J connectivity index is 1.82. The number of hydrogen-bond acceptors (Lipinski definition) is 4. The highest BCUT2D eigenvalue weighted by atomic mass is 16.6. The molecule has 1 heterocycles. The topological polar surface area (TPSA) is 76.1 Å². The normalized spacial score (nSPS) is 19.6. The summed E-state index contributed by atoms with van der Waals surface area (Å²) in [7, 11) is 1.63. The Hall–Kier alpha value is -2.76. The van der Waals surface area contributed by atoms with Gasteiger partial charge < -0.3 is 14.6 Å². The van der Waals surface area contributed by atoms with Crippen molar-refractivity contribution in [1.82, 2.24) is 4.90 Å². The highest BCUT2D eigenvalue weighted by Crippen LogP contribution is 2.33. The number of carbonyl (C=O) groups is 2. The van der Waals surface area contributed by atoms with Crippen molar-refractivity contribution in [2.75, 3.05) is 13.7 Å². The van der Waals surface area contributed by atoms with Gasteiger partial charge in [0.15, 0.2) is 0 Å². The van der Waals surface area contributed by atoms with Gasteiger partial charge >= 0.3 is 12.1 Å². The number of carbonyl (C=O) groups excluding carboxylic acids is 1. The third-order valence-corrected chi connectivity index (χ3v) is 4.96. The number of amides is 1. The molecule has 1 amide bonds. The Morgan fingerprint density at radius 1 is 1.18 bits per heavy atom. The summed E-state index contributed by atoms with van der Waals surface area (Å²) >= 11 is 0. The molecule has 2 aromatic rings. The predicted molar refractivity (Wildman–Crippen MR) is 107 cm³/mol. The Morgan fingerprint density at radius 2 is 1.82 bits per heavy atom. The number of aliphatic carboxylic acids is 1. The summed E-state index contributed by atoms with van der Waals surface area (Å²) in [4.78, 5) is 25.5. The van der Waals surface area contributed by atoms with Gasteiger partial charge in [-0.15, -0.1) is 0 Å². The number of carboxylic acid groups (broad SMARTS) is 1. The summed E-state index contributed by atoms with van der Waals surface area (Å²) < 4.78 is 11.0. The van der Waals surface area contributed by atoms with Gasteiger partial charge in [0.2, 0.25) is 0 Å². The third-order valence-electron chi connectivity index (χ3n) is 4.96. The lowest BCUT2D eigenvalue weighted by molar-refractivity contribution is -0.142. The lowest BCUT2D eigenvalue weighted by Crippen LogP contribution is -2.43. The van der Waals surface area contributed by atoms with Crippen molar-refractivity contribution in [2.45, 2.75) is 45.3 Å². The number of rotatable bonds is 4. The largest absolute Gasteiger partial charge is 0.496 e. The second-order valence-electron chi connectivity index (χ2n) is 8.30. The molecule has 0 unspecified atom stereocenters. The molecular weight excluding hydrogens is 358 g/mol. The Kier molecular flexibility index (Phi) is 5.49. The van der Waals surface area contributed by atoms with E-state index in [0.29, 0.717) is 19.4 Å². The molecule has 0 spiro atoms. The van der Waals surface area contributed by atoms with E-state index in [-0.39, 0.29) is 5.92 Å². The van der Waals surface area contributed by atoms with Gasteiger partial charge in [0.05, 0.1) is 7.11 Å². The van der Waals surface area contributed by atoms with Crippen molar-refractivity contribution in [1.29, 1.82) is 0 Å². The molecule has 6 heteroatoms. The van der Waals surface area contributed by atoms with Crippen LogP contribution >= 0.6 is 0 Å². The van der Waals surface area contributed by atoms with Crippen LogP contribution in [0.5, 0.6) is 5.75 Å². The first kappa shape index (κ1) is 20.0. The molecule has 150 valence electrons. The van der Waals surface area contributed by atoms with E-state index in [1.807, 2.05) is 30.3 Å². The molecule has 28 heavy (non-hydrogen) atoms. The SMILES string of the molecule is COc1cc2ccccc2cc1C[C@H]1C[C@H](C(=O)O)N(C(=O)OC(C)(C)C)C1. The van der Waals surface area contributed by atoms with Gasteiger partial charge in [0.1, 0.15) is 17.4 Å². The van der Waals surface area contributed by atoms with Crippen LogP contribution in [0.4, 0.5) is 4.79 Å². The van der Waals surface area contributed by atoms with Gasteiger partial charge in [0, 0.05) is 6.54 Å². The average molecular weight is 385 g/mol. The zero-order valence-corrected chi connectivity index (χ0v) is 16.8. The maximum Gasteiger partial charge on any atom is 0.411 e. The summed E-state index contributed by atoms with van der Waals surface area (Å²) in [5, 5.41) is 11.8. The van der Waals surface area contributed by atoms with Crippen LogP contribution in [0.25, 0.3) is 10.8 Å². The van der Waals surface area contributed by atoms with Crippen molar-refractivity contribution >= 4 is 22.8 Å². The van der Waals surface area contributed by atoms with Crippen LogP contribution in [0.15, 0.2) is 36.4 Å². The number of methoxy groups -OCH3 is 1. The molecule has 0 saturated carbocycles. The fourth-order valence-corrected chi connectivity index (χ4v) is 3.75. The smallest absolute Gasteiger partial charge is 0.411 e. The quantitative estimate of drug-likeness (QED) is 0.857. The molecule has 1 aliphatic rings. The fraction of sp³-hybridized carbons (Fsp3) is 0.455. The zero-order chi connectivity index (χ0) is 20.5. The number of nitrogens with zero attached hydrogens (tertiary/aromatic N) is 1. The van der Waals surface area contributed by atoms with E-state index < -0.39 is 23.7 Å². The van der Waals surface area contributed by atoms with Crippen molar-refractivity contribution in [3.63, 3.8) is 0 Å². The maximum absolute atomic E-state index is 12.5. The first-order valence-electron chi connectivity index (χ1n) is 9.46. The van der Waals surface area contributed by atoms with Gasteiger partial charge in [-0.05, 0) is 68.0 Å². The molecule has 2 aromatic carbocycles. The highest BCUT2D eigenvalue weighted by Gasteiger charge is 2.41. The van der Waals surface area contributed by atoms with Crippen LogP contribution < -0.4 is 4.74 Å². The number of ether oxygens (including phenoxy) is 2. The van der Waals surface area contributed by atoms with E-state index >= 15 is 0 Å².